The van der Waals surface area contributed by atoms with Gasteiger partial charge in [0.25, 0.3) is 5.56 Å². The van der Waals surface area contributed by atoms with Crippen molar-refractivity contribution in [3.63, 3.8) is 0 Å². The summed E-state index contributed by atoms with van der Waals surface area (Å²) < 4.78 is 28.0. The molecule has 0 amide bonds. The zero-order valence-electron chi connectivity index (χ0n) is 15.3. The Kier molecular flexibility index (Phi) is 4.27. The van der Waals surface area contributed by atoms with E-state index in [-0.39, 0.29) is 26.8 Å². The molecule has 8 heteroatoms. The molecule has 2 N–H and O–H groups in total. The Hall–Kier alpha value is -3.39. The van der Waals surface area contributed by atoms with E-state index in [2.05, 4.69) is 15.4 Å². The maximum Gasteiger partial charge on any atom is 0.272 e. The summed E-state index contributed by atoms with van der Waals surface area (Å²) in [7, 11) is -3.94. The van der Waals surface area contributed by atoms with Crippen LogP contribution >= 0.6 is 0 Å². The van der Waals surface area contributed by atoms with E-state index in [4.69, 9.17) is 0 Å². The maximum atomic E-state index is 13.4. The second-order valence-corrected chi connectivity index (χ2v) is 8.40. The number of sulfone groups is 1. The van der Waals surface area contributed by atoms with Crippen molar-refractivity contribution in [2.45, 2.75) is 23.6 Å². The Bertz CT molecular complexity index is 1320. The van der Waals surface area contributed by atoms with Crippen molar-refractivity contribution < 1.29 is 8.42 Å². The summed E-state index contributed by atoms with van der Waals surface area (Å²) in [5, 5.41) is 5.91. The van der Waals surface area contributed by atoms with Crippen LogP contribution in [0.3, 0.4) is 0 Å². The van der Waals surface area contributed by atoms with Crippen LogP contribution in [0.5, 0.6) is 0 Å². The Morgan fingerprint density at radius 1 is 1.00 bits per heavy atom. The maximum absolute atomic E-state index is 13.4. The van der Waals surface area contributed by atoms with Crippen molar-refractivity contribution in [2.75, 3.05) is 5.32 Å². The van der Waals surface area contributed by atoms with Gasteiger partial charge in [-0.15, -0.1) is 0 Å². The molecule has 2 aromatic carbocycles. The lowest BCUT2D eigenvalue weighted by molar-refractivity contribution is 0.597. The van der Waals surface area contributed by atoms with E-state index in [1.54, 1.807) is 43.3 Å². The molecular weight excluding hydrogens is 376 g/mol. The molecule has 2 aromatic heterocycles. The number of aromatic nitrogens is 3. The van der Waals surface area contributed by atoms with Crippen LogP contribution in [0.15, 0.2) is 75.2 Å². The van der Waals surface area contributed by atoms with Gasteiger partial charge in [0.05, 0.1) is 4.90 Å². The normalized spacial score (nSPS) is 11.6. The third-order valence-electron chi connectivity index (χ3n) is 4.34. The lowest BCUT2D eigenvalue weighted by atomic mass is 10.2. The summed E-state index contributed by atoms with van der Waals surface area (Å²) in [6.07, 6.45) is 0. The molecular formula is C20H18N4O3S. The van der Waals surface area contributed by atoms with Gasteiger partial charge in [-0.3, -0.25) is 9.89 Å². The summed E-state index contributed by atoms with van der Waals surface area (Å²) in [5.41, 5.74) is 1.74. The highest BCUT2D eigenvalue weighted by Gasteiger charge is 2.29. The Balaban J connectivity index is 2.00. The summed E-state index contributed by atoms with van der Waals surface area (Å²) in [6, 6.07) is 17.0. The number of nitrogens with zero attached hydrogens (tertiary/aromatic N) is 2. The molecule has 0 radical (unpaired) electrons. The second-order valence-electron chi connectivity index (χ2n) is 6.52. The third-order valence-corrected chi connectivity index (χ3v) is 6.16. The molecule has 142 valence electrons. The number of rotatable bonds is 4. The monoisotopic (exact) mass is 394 g/mol. The molecule has 0 bridgehead atoms. The summed E-state index contributed by atoms with van der Waals surface area (Å²) >= 11 is 0. The van der Waals surface area contributed by atoms with Gasteiger partial charge in [0.2, 0.25) is 9.84 Å². The zero-order valence-corrected chi connectivity index (χ0v) is 16.1. The molecule has 0 aliphatic rings. The molecule has 0 aliphatic heterocycles. The van der Waals surface area contributed by atoms with Gasteiger partial charge in [-0.2, -0.15) is 4.52 Å². The van der Waals surface area contributed by atoms with Crippen LogP contribution in [-0.2, 0) is 9.84 Å². The predicted molar refractivity (Wildman–Crippen MR) is 107 cm³/mol. The minimum absolute atomic E-state index is 0.0593. The van der Waals surface area contributed by atoms with E-state index in [9.17, 15) is 13.2 Å². The van der Waals surface area contributed by atoms with Crippen LogP contribution in [0, 0.1) is 13.8 Å². The van der Waals surface area contributed by atoms with E-state index in [1.165, 1.54) is 6.07 Å². The van der Waals surface area contributed by atoms with E-state index in [0.717, 1.165) is 10.1 Å². The van der Waals surface area contributed by atoms with E-state index < -0.39 is 9.84 Å². The van der Waals surface area contributed by atoms with Gasteiger partial charge in [0.1, 0.15) is 5.82 Å². The van der Waals surface area contributed by atoms with Gasteiger partial charge < -0.3 is 5.32 Å². The third kappa shape index (κ3) is 3.07. The number of hydrogen-bond donors (Lipinski definition) is 2. The molecule has 0 unspecified atom stereocenters. The predicted octanol–water partition coefficient (Wildman–Crippen LogP) is 3.22. The van der Waals surface area contributed by atoms with Crippen molar-refractivity contribution in [3.8, 4) is 0 Å². The lowest BCUT2D eigenvalue weighted by Crippen LogP contribution is -2.15. The quantitative estimate of drug-likeness (QED) is 0.554. The smallest absolute Gasteiger partial charge is 0.272 e. The highest BCUT2D eigenvalue weighted by Crippen LogP contribution is 2.32. The number of nitrogens with one attached hydrogen (secondary N) is 2. The highest BCUT2D eigenvalue weighted by molar-refractivity contribution is 7.91. The Morgan fingerprint density at radius 3 is 2.36 bits per heavy atom. The Morgan fingerprint density at radius 2 is 1.68 bits per heavy atom. The van der Waals surface area contributed by atoms with Crippen LogP contribution in [0.2, 0.25) is 0 Å². The fourth-order valence-electron chi connectivity index (χ4n) is 2.97. The number of anilines is 2. The van der Waals surface area contributed by atoms with Crippen molar-refractivity contribution in [1.82, 2.24) is 14.6 Å². The fraction of sp³-hybridized carbons (Fsp3) is 0.100. The standard InChI is InChI=1S/C20H18N4O3S/c1-13-8-10-16(11-9-13)28(26,27)18-19(22-15-6-4-3-5-7-15)23-24-17(25)12-14(2)21-20(18)24/h3-12,22-23H,1-2H3. The largest absolute Gasteiger partial charge is 0.339 e. The van der Waals surface area contributed by atoms with Gasteiger partial charge in [-0.25, -0.2) is 13.4 Å². The number of fused-ring (bicyclic) bond motifs is 1. The molecule has 0 atom stereocenters. The molecule has 0 saturated heterocycles. The van der Waals surface area contributed by atoms with Crippen LogP contribution in [0.4, 0.5) is 11.5 Å². The summed E-state index contributed by atoms with van der Waals surface area (Å²) in [6.45, 7) is 3.54. The van der Waals surface area contributed by atoms with E-state index in [0.29, 0.717) is 11.4 Å². The van der Waals surface area contributed by atoms with Gasteiger partial charge in [0, 0.05) is 17.4 Å². The van der Waals surface area contributed by atoms with Crippen LogP contribution in [-0.4, -0.2) is 23.0 Å². The first-order valence-electron chi connectivity index (χ1n) is 8.62. The number of aryl methyl sites for hydroxylation is 2. The number of H-pyrrole nitrogens is 1. The van der Waals surface area contributed by atoms with Crippen molar-refractivity contribution in [1.29, 1.82) is 0 Å². The van der Waals surface area contributed by atoms with Gasteiger partial charge in [-0.05, 0) is 38.1 Å². The SMILES string of the molecule is Cc1ccc(S(=O)(=O)c2c(Nc3ccccc3)[nH]n3c(=O)cc(C)nc23)cc1. The molecule has 4 aromatic rings. The van der Waals surface area contributed by atoms with Crippen molar-refractivity contribution >= 4 is 27.0 Å². The lowest BCUT2D eigenvalue weighted by Gasteiger charge is -2.08. The number of benzene rings is 2. The first-order valence-corrected chi connectivity index (χ1v) is 10.1. The fourth-order valence-corrected chi connectivity index (χ4v) is 4.44. The van der Waals surface area contributed by atoms with E-state index in [1.807, 2.05) is 25.1 Å². The number of hydrogen-bond acceptors (Lipinski definition) is 5. The van der Waals surface area contributed by atoms with Crippen LogP contribution < -0.4 is 10.9 Å². The molecule has 4 rings (SSSR count). The average molecular weight is 394 g/mol. The molecule has 2 heterocycles. The molecule has 7 nitrogen and oxygen atoms in total. The summed E-state index contributed by atoms with van der Waals surface area (Å²) in [4.78, 5) is 16.8. The van der Waals surface area contributed by atoms with Crippen molar-refractivity contribution in [2.24, 2.45) is 0 Å². The number of para-hydroxylation sites is 1. The molecule has 0 spiro atoms. The molecule has 28 heavy (non-hydrogen) atoms. The van der Waals surface area contributed by atoms with E-state index >= 15 is 0 Å². The number of aromatic amines is 1. The van der Waals surface area contributed by atoms with Gasteiger partial charge in [-0.1, -0.05) is 35.9 Å². The van der Waals surface area contributed by atoms with Gasteiger partial charge >= 0.3 is 0 Å². The zero-order chi connectivity index (χ0) is 19.9. The minimum Gasteiger partial charge on any atom is -0.339 e. The average Bonchev–Trinajstić information content (AvgIpc) is 3.02. The minimum atomic E-state index is -3.94. The topological polar surface area (TPSA) is 96.3 Å². The van der Waals surface area contributed by atoms with Gasteiger partial charge in [0.15, 0.2) is 10.5 Å². The van der Waals surface area contributed by atoms with Crippen molar-refractivity contribution in [3.05, 3.63) is 82.3 Å². The molecule has 0 saturated carbocycles. The molecule has 0 aliphatic carbocycles. The first-order chi connectivity index (χ1) is 13.4. The van der Waals surface area contributed by atoms with Crippen LogP contribution in [0.25, 0.3) is 5.65 Å². The van der Waals surface area contributed by atoms with Crippen LogP contribution in [0.1, 0.15) is 11.3 Å². The highest BCUT2D eigenvalue weighted by atomic mass is 32.2. The second kappa shape index (κ2) is 6.65. The summed E-state index contributed by atoms with van der Waals surface area (Å²) in [5.74, 6) is 0.182. The molecule has 0 fully saturated rings. The first kappa shape index (κ1) is 18.0. The Labute approximate surface area is 161 Å².